The predicted octanol–water partition coefficient (Wildman–Crippen LogP) is 6.38. The first kappa shape index (κ1) is 20.6. The number of halogens is 1. The zero-order valence-electron chi connectivity index (χ0n) is 16.6. The summed E-state index contributed by atoms with van der Waals surface area (Å²) in [7, 11) is 0. The molecule has 5 aromatic rings. The van der Waals surface area contributed by atoms with Crippen LogP contribution in [0.3, 0.4) is 0 Å². The molecule has 2 N–H and O–H groups in total. The quantitative estimate of drug-likeness (QED) is 0.202. The number of rotatable bonds is 3. The van der Waals surface area contributed by atoms with Gasteiger partial charge in [0.1, 0.15) is 5.52 Å². The van der Waals surface area contributed by atoms with Gasteiger partial charge in [0.2, 0.25) is 5.89 Å². The van der Waals surface area contributed by atoms with Gasteiger partial charge in [0.05, 0.1) is 0 Å². The van der Waals surface area contributed by atoms with Crippen LogP contribution in [0.5, 0.6) is 0 Å². The number of amides is 1. The average molecular weight is 549 g/mol. The lowest BCUT2D eigenvalue weighted by atomic mass is 10.1. The maximum atomic E-state index is 12.4. The average Bonchev–Trinajstić information content (AvgIpc) is 3.24. The predicted molar refractivity (Wildman–Crippen MR) is 140 cm³/mol. The number of carbonyl (C=O) groups excluding carboxylic acids is 1. The molecular weight excluding hydrogens is 533 g/mol. The minimum atomic E-state index is -0.261. The SMILES string of the molecule is O=C(NC(=S)Nc1cccc(-c2nc3c(ccc4ccccc43)o2)c1)c1cccc(I)c1. The smallest absolute Gasteiger partial charge is 0.257 e. The standard InChI is InChI=1S/C25H16IN3O2S/c26-18-8-3-6-16(13-18)23(30)29-25(32)27-19-9-4-7-17(14-19)24-28-22-20-10-2-1-5-15(20)11-12-21(22)31-24/h1-14H,(H2,27,29,30,32). The first-order valence-electron chi connectivity index (χ1n) is 9.83. The van der Waals surface area contributed by atoms with Crippen molar-refractivity contribution in [3.05, 3.63) is 94.1 Å². The monoisotopic (exact) mass is 549 g/mol. The molecule has 5 nitrogen and oxygen atoms in total. The van der Waals surface area contributed by atoms with Crippen LogP contribution in [0.4, 0.5) is 5.69 Å². The van der Waals surface area contributed by atoms with E-state index in [9.17, 15) is 4.79 Å². The normalized spacial score (nSPS) is 10.9. The van der Waals surface area contributed by atoms with Crippen LogP contribution in [0.25, 0.3) is 33.3 Å². The Bertz CT molecular complexity index is 1500. The minimum absolute atomic E-state index is 0.217. The highest BCUT2D eigenvalue weighted by molar-refractivity contribution is 14.1. The molecule has 0 fully saturated rings. The summed E-state index contributed by atoms with van der Waals surface area (Å²) in [6, 6.07) is 26.9. The Morgan fingerprint density at radius 1 is 0.938 bits per heavy atom. The highest BCUT2D eigenvalue weighted by atomic mass is 127. The van der Waals surface area contributed by atoms with Crippen LogP contribution in [0.15, 0.2) is 89.3 Å². The Morgan fingerprint density at radius 3 is 2.66 bits per heavy atom. The zero-order chi connectivity index (χ0) is 22.1. The van der Waals surface area contributed by atoms with Crippen molar-refractivity contribution in [3.8, 4) is 11.5 Å². The van der Waals surface area contributed by atoms with Crippen molar-refractivity contribution < 1.29 is 9.21 Å². The molecule has 156 valence electrons. The maximum absolute atomic E-state index is 12.4. The number of nitrogens with zero attached hydrogens (tertiary/aromatic N) is 1. The summed E-state index contributed by atoms with van der Waals surface area (Å²) < 4.78 is 6.99. The van der Waals surface area contributed by atoms with Gasteiger partial charge in [-0.1, -0.05) is 42.5 Å². The second kappa shape index (κ2) is 8.68. The first-order chi connectivity index (χ1) is 15.6. The molecule has 1 heterocycles. The minimum Gasteiger partial charge on any atom is -0.436 e. The van der Waals surface area contributed by atoms with Crippen LogP contribution >= 0.6 is 34.8 Å². The number of fused-ring (bicyclic) bond motifs is 3. The van der Waals surface area contributed by atoms with Crippen molar-refractivity contribution in [2.45, 2.75) is 0 Å². The second-order valence-electron chi connectivity index (χ2n) is 7.15. The van der Waals surface area contributed by atoms with Gasteiger partial charge in [-0.15, -0.1) is 0 Å². The molecule has 7 heteroatoms. The van der Waals surface area contributed by atoms with Gasteiger partial charge in [0, 0.05) is 25.8 Å². The fraction of sp³-hybridized carbons (Fsp3) is 0. The summed E-state index contributed by atoms with van der Waals surface area (Å²) in [5.74, 6) is 0.261. The van der Waals surface area contributed by atoms with Gasteiger partial charge in [-0.05, 0) is 82.7 Å². The molecule has 0 aliphatic carbocycles. The Labute approximate surface area is 203 Å². The van der Waals surface area contributed by atoms with Crippen molar-refractivity contribution in [2.24, 2.45) is 0 Å². The number of hydrogen-bond acceptors (Lipinski definition) is 4. The third-order valence-electron chi connectivity index (χ3n) is 4.96. The van der Waals surface area contributed by atoms with Crippen LogP contribution < -0.4 is 10.6 Å². The second-order valence-corrected chi connectivity index (χ2v) is 8.81. The molecule has 0 bridgehead atoms. The van der Waals surface area contributed by atoms with Crippen LogP contribution in [-0.2, 0) is 0 Å². The fourth-order valence-electron chi connectivity index (χ4n) is 3.48. The van der Waals surface area contributed by atoms with Crippen LogP contribution in [0, 0.1) is 3.57 Å². The summed E-state index contributed by atoms with van der Waals surface area (Å²) in [5, 5.41) is 8.15. The molecule has 0 aliphatic rings. The third-order valence-corrected chi connectivity index (χ3v) is 5.84. The summed E-state index contributed by atoms with van der Waals surface area (Å²) in [6.45, 7) is 0. The first-order valence-corrected chi connectivity index (χ1v) is 11.3. The van der Waals surface area contributed by atoms with Gasteiger partial charge in [0.15, 0.2) is 10.7 Å². The molecule has 0 aliphatic heterocycles. The number of thiocarbonyl (C=S) groups is 1. The van der Waals surface area contributed by atoms with Gasteiger partial charge in [-0.25, -0.2) is 4.98 Å². The molecule has 4 aromatic carbocycles. The van der Waals surface area contributed by atoms with E-state index in [1.807, 2.05) is 66.7 Å². The lowest BCUT2D eigenvalue weighted by molar-refractivity contribution is 0.0977. The summed E-state index contributed by atoms with van der Waals surface area (Å²) >= 11 is 7.49. The summed E-state index contributed by atoms with van der Waals surface area (Å²) in [5.41, 5.74) is 3.65. The zero-order valence-corrected chi connectivity index (χ0v) is 19.6. The van der Waals surface area contributed by atoms with E-state index in [-0.39, 0.29) is 11.0 Å². The molecule has 0 atom stereocenters. The van der Waals surface area contributed by atoms with E-state index in [1.165, 1.54) is 0 Å². The molecule has 0 unspecified atom stereocenters. The van der Waals surface area contributed by atoms with E-state index >= 15 is 0 Å². The number of anilines is 1. The van der Waals surface area contributed by atoms with Crippen LogP contribution in [-0.4, -0.2) is 16.0 Å². The van der Waals surface area contributed by atoms with Gasteiger partial charge >= 0.3 is 0 Å². The molecule has 0 radical (unpaired) electrons. The summed E-state index contributed by atoms with van der Waals surface area (Å²) in [6.07, 6.45) is 0. The molecule has 0 saturated carbocycles. The molecule has 32 heavy (non-hydrogen) atoms. The number of carbonyl (C=O) groups is 1. The lowest BCUT2D eigenvalue weighted by Gasteiger charge is -2.10. The van der Waals surface area contributed by atoms with E-state index in [0.29, 0.717) is 11.5 Å². The van der Waals surface area contributed by atoms with Crippen molar-refractivity contribution in [3.63, 3.8) is 0 Å². The van der Waals surface area contributed by atoms with Gasteiger partial charge in [-0.2, -0.15) is 0 Å². The van der Waals surface area contributed by atoms with Crippen molar-refractivity contribution in [1.29, 1.82) is 0 Å². The molecule has 0 saturated heterocycles. The van der Waals surface area contributed by atoms with Gasteiger partial charge in [0.25, 0.3) is 5.91 Å². The highest BCUT2D eigenvalue weighted by Gasteiger charge is 2.12. The van der Waals surface area contributed by atoms with E-state index in [2.05, 4.69) is 39.3 Å². The number of hydrogen-bond donors (Lipinski definition) is 2. The van der Waals surface area contributed by atoms with E-state index in [4.69, 9.17) is 21.6 Å². The van der Waals surface area contributed by atoms with Crippen LogP contribution in [0.2, 0.25) is 0 Å². The molecule has 1 aromatic heterocycles. The van der Waals surface area contributed by atoms with Gasteiger partial charge < -0.3 is 9.73 Å². The van der Waals surface area contributed by atoms with Crippen molar-refractivity contribution in [2.75, 3.05) is 5.32 Å². The van der Waals surface area contributed by atoms with E-state index in [1.54, 1.807) is 12.1 Å². The Morgan fingerprint density at radius 2 is 1.78 bits per heavy atom. The maximum Gasteiger partial charge on any atom is 0.257 e. The molecular formula is C25H16IN3O2S. The van der Waals surface area contributed by atoms with Crippen molar-refractivity contribution in [1.82, 2.24) is 10.3 Å². The fourth-order valence-corrected chi connectivity index (χ4v) is 4.24. The van der Waals surface area contributed by atoms with E-state index in [0.717, 1.165) is 36.7 Å². The number of nitrogens with one attached hydrogen (secondary N) is 2. The number of aromatic nitrogens is 1. The molecule has 1 amide bonds. The summed E-state index contributed by atoms with van der Waals surface area (Å²) in [4.78, 5) is 17.2. The highest BCUT2D eigenvalue weighted by Crippen LogP contribution is 2.30. The topological polar surface area (TPSA) is 67.2 Å². The Balaban J connectivity index is 1.37. The number of benzene rings is 4. The van der Waals surface area contributed by atoms with Crippen molar-refractivity contribution >= 4 is 73.4 Å². The van der Waals surface area contributed by atoms with Crippen LogP contribution in [0.1, 0.15) is 10.4 Å². The Kier molecular flexibility index (Phi) is 5.59. The largest absolute Gasteiger partial charge is 0.436 e. The van der Waals surface area contributed by atoms with Gasteiger partial charge in [-0.3, -0.25) is 10.1 Å². The molecule has 5 rings (SSSR count). The lowest BCUT2D eigenvalue weighted by Crippen LogP contribution is -2.34. The Hall–Kier alpha value is -3.30. The number of oxazole rings is 1. The van der Waals surface area contributed by atoms with E-state index < -0.39 is 0 Å². The third kappa shape index (κ3) is 4.21. The molecule has 0 spiro atoms.